The number of hydrogen-bond donors (Lipinski definition) is 2. The molecule has 2 atom stereocenters. The molecule has 22 heavy (non-hydrogen) atoms. The van der Waals surface area contributed by atoms with Crippen molar-refractivity contribution < 1.29 is 9.59 Å². The molecule has 6 heteroatoms. The lowest BCUT2D eigenvalue weighted by atomic mass is 10.0. The van der Waals surface area contributed by atoms with Gasteiger partial charge in [0.2, 0.25) is 5.91 Å². The van der Waals surface area contributed by atoms with Crippen LogP contribution >= 0.6 is 24.2 Å². The van der Waals surface area contributed by atoms with Crippen molar-refractivity contribution in [3.05, 3.63) is 35.9 Å². The van der Waals surface area contributed by atoms with E-state index in [1.165, 1.54) is 11.8 Å². The van der Waals surface area contributed by atoms with Gasteiger partial charge >= 0.3 is 0 Å². The van der Waals surface area contributed by atoms with Gasteiger partial charge in [0.15, 0.2) is 5.78 Å². The third-order valence-electron chi connectivity index (χ3n) is 3.55. The van der Waals surface area contributed by atoms with Crippen LogP contribution in [-0.2, 0) is 4.79 Å². The Morgan fingerprint density at radius 2 is 2.00 bits per heavy atom. The van der Waals surface area contributed by atoms with Crippen molar-refractivity contribution in [3.63, 3.8) is 0 Å². The van der Waals surface area contributed by atoms with Crippen LogP contribution in [0.1, 0.15) is 30.1 Å². The SMILES string of the molecule is CC1CC(NC(=O)CSCC(=O)c2ccccc2)CCN1.Cl. The highest BCUT2D eigenvalue weighted by atomic mass is 35.5. The normalized spacial score (nSPS) is 20.8. The van der Waals surface area contributed by atoms with E-state index in [1.54, 1.807) is 12.1 Å². The zero-order chi connectivity index (χ0) is 15.1. The van der Waals surface area contributed by atoms with Crippen LogP contribution < -0.4 is 10.6 Å². The molecule has 0 aliphatic carbocycles. The van der Waals surface area contributed by atoms with Crippen molar-refractivity contribution in [2.24, 2.45) is 0 Å². The Morgan fingerprint density at radius 3 is 2.68 bits per heavy atom. The molecule has 1 aliphatic heterocycles. The van der Waals surface area contributed by atoms with Gasteiger partial charge in [-0.2, -0.15) is 0 Å². The summed E-state index contributed by atoms with van der Waals surface area (Å²) in [4.78, 5) is 23.8. The Hall–Kier alpha value is -1.04. The number of thioether (sulfide) groups is 1. The summed E-state index contributed by atoms with van der Waals surface area (Å²) in [6, 6.07) is 9.91. The van der Waals surface area contributed by atoms with E-state index in [-0.39, 0.29) is 30.1 Å². The summed E-state index contributed by atoms with van der Waals surface area (Å²) in [6.45, 7) is 3.08. The molecule has 1 aliphatic rings. The predicted molar refractivity (Wildman–Crippen MR) is 94.0 cm³/mol. The summed E-state index contributed by atoms with van der Waals surface area (Å²) in [5, 5.41) is 6.41. The Morgan fingerprint density at radius 1 is 1.27 bits per heavy atom. The number of Topliss-reactive ketones (excluding diaryl/α,β-unsaturated/α-hetero) is 1. The number of amides is 1. The van der Waals surface area contributed by atoms with Crippen molar-refractivity contribution in [1.82, 2.24) is 10.6 Å². The molecule has 2 N–H and O–H groups in total. The van der Waals surface area contributed by atoms with Gasteiger partial charge in [-0.3, -0.25) is 9.59 Å². The summed E-state index contributed by atoms with van der Waals surface area (Å²) in [5.41, 5.74) is 0.706. The molecule has 1 aromatic rings. The summed E-state index contributed by atoms with van der Waals surface area (Å²) in [7, 11) is 0. The van der Waals surface area contributed by atoms with E-state index < -0.39 is 0 Å². The van der Waals surface area contributed by atoms with Crippen LogP contribution in [0.4, 0.5) is 0 Å². The number of halogens is 1. The first-order chi connectivity index (χ1) is 10.1. The molecular formula is C16H23ClN2O2S. The van der Waals surface area contributed by atoms with Crippen LogP contribution in [0.3, 0.4) is 0 Å². The van der Waals surface area contributed by atoms with Crippen LogP contribution in [0.2, 0.25) is 0 Å². The van der Waals surface area contributed by atoms with Crippen molar-refractivity contribution in [1.29, 1.82) is 0 Å². The number of carbonyl (C=O) groups excluding carboxylic acids is 2. The second kappa shape index (κ2) is 9.87. The first-order valence-electron chi connectivity index (χ1n) is 7.34. The maximum Gasteiger partial charge on any atom is 0.230 e. The van der Waals surface area contributed by atoms with Gasteiger partial charge in [-0.25, -0.2) is 0 Å². The first-order valence-corrected chi connectivity index (χ1v) is 8.49. The maximum atomic E-state index is 11.9. The third kappa shape index (κ3) is 6.38. The Kier molecular flexibility index (Phi) is 8.53. The molecule has 0 bridgehead atoms. The number of carbonyl (C=O) groups is 2. The maximum absolute atomic E-state index is 11.9. The minimum absolute atomic E-state index is 0. The van der Waals surface area contributed by atoms with Crippen LogP contribution in [0.15, 0.2) is 30.3 Å². The van der Waals surface area contributed by atoms with Crippen LogP contribution in [0.5, 0.6) is 0 Å². The molecule has 2 rings (SSSR count). The van der Waals surface area contributed by atoms with Gasteiger partial charge in [-0.1, -0.05) is 30.3 Å². The highest BCUT2D eigenvalue weighted by molar-refractivity contribution is 8.00. The fraction of sp³-hybridized carbons (Fsp3) is 0.500. The molecule has 0 spiro atoms. The molecule has 1 aromatic carbocycles. The molecule has 4 nitrogen and oxygen atoms in total. The van der Waals surface area contributed by atoms with Gasteiger partial charge in [-0.05, 0) is 26.3 Å². The summed E-state index contributed by atoms with van der Waals surface area (Å²) >= 11 is 1.38. The zero-order valence-electron chi connectivity index (χ0n) is 12.7. The molecule has 0 aromatic heterocycles. The van der Waals surface area contributed by atoms with E-state index in [0.29, 0.717) is 23.1 Å². The molecule has 1 fully saturated rings. The predicted octanol–water partition coefficient (Wildman–Crippen LogP) is 2.28. The summed E-state index contributed by atoms with van der Waals surface area (Å²) in [5.74, 6) is 0.792. The van der Waals surface area contributed by atoms with Crippen molar-refractivity contribution in [3.8, 4) is 0 Å². The zero-order valence-corrected chi connectivity index (χ0v) is 14.3. The van der Waals surface area contributed by atoms with Gasteiger partial charge in [-0.15, -0.1) is 24.2 Å². The number of piperidine rings is 1. The van der Waals surface area contributed by atoms with Gasteiger partial charge < -0.3 is 10.6 Å². The van der Waals surface area contributed by atoms with Gasteiger partial charge in [0.25, 0.3) is 0 Å². The lowest BCUT2D eigenvalue weighted by Crippen LogP contribution is -2.47. The third-order valence-corrected chi connectivity index (χ3v) is 4.48. The number of rotatable bonds is 6. The quantitative estimate of drug-likeness (QED) is 0.779. The molecule has 1 saturated heterocycles. The highest BCUT2D eigenvalue weighted by Gasteiger charge is 2.19. The Balaban J connectivity index is 0.00000242. The van der Waals surface area contributed by atoms with Crippen molar-refractivity contribution in [2.75, 3.05) is 18.1 Å². The Bertz CT molecular complexity index is 484. The largest absolute Gasteiger partial charge is 0.353 e. The average molecular weight is 343 g/mol. The van der Waals surface area contributed by atoms with E-state index in [4.69, 9.17) is 0 Å². The minimum atomic E-state index is 0. The molecule has 0 radical (unpaired) electrons. The number of nitrogens with one attached hydrogen (secondary N) is 2. The van der Waals surface area contributed by atoms with E-state index in [9.17, 15) is 9.59 Å². The van der Waals surface area contributed by atoms with Crippen LogP contribution in [0, 0.1) is 0 Å². The lowest BCUT2D eigenvalue weighted by Gasteiger charge is -2.28. The van der Waals surface area contributed by atoms with Gasteiger partial charge in [0.1, 0.15) is 0 Å². The second-order valence-electron chi connectivity index (χ2n) is 5.43. The first kappa shape index (κ1) is 19.0. The van der Waals surface area contributed by atoms with Crippen molar-refractivity contribution >= 4 is 35.9 Å². The standard InChI is InChI=1S/C16H22N2O2S.ClH/c1-12-9-14(7-8-17-12)18-16(20)11-21-10-15(19)13-5-3-2-4-6-13;/h2-6,12,14,17H,7-11H2,1H3,(H,18,20);1H. The molecular weight excluding hydrogens is 320 g/mol. The smallest absolute Gasteiger partial charge is 0.230 e. The molecule has 2 unspecified atom stereocenters. The van der Waals surface area contributed by atoms with Gasteiger partial charge in [0, 0.05) is 17.6 Å². The van der Waals surface area contributed by atoms with Crippen molar-refractivity contribution in [2.45, 2.75) is 31.8 Å². The molecule has 0 saturated carbocycles. The minimum Gasteiger partial charge on any atom is -0.353 e. The fourth-order valence-electron chi connectivity index (χ4n) is 2.48. The molecule has 1 amide bonds. The number of benzene rings is 1. The van der Waals surface area contributed by atoms with E-state index in [1.807, 2.05) is 18.2 Å². The Labute approximate surface area is 142 Å². The second-order valence-corrected chi connectivity index (χ2v) is 6.41. The molecule has 122 valence electrons. The van der Waals surface area contributed by atoms with Crippen LogP contribution in [-0.4, -0.2) is 41.8 Å². The molecule has 1 heterocycles. The average Bonchev–Trinajstić information content (AvgIpc) is 2.48. The van der Waals surface area contributed by atoms with E-state index in [2.05, 4.69) is 17.6 Å². The number of ketones is 1. The van der Waals surface area contributed by atoms with Gasteiger partial charge in [0.05, 0.1) is 11.5 Å². The van der Waals surface area contributed by atoms with E-state index in [0.717, 1.165) is 19.4 Å². The fourth-order valence-corrected chi connectivity index (χ4v) is 3.20. The topological polar surface area (TPSA) is 58.2 Å². The number of hydrogen-bond acceptors (Lipinski definition) is 4. The summed E-state index contributed by atoms with van der Waals surface area (Å²) in [6.07, 6.45) is 1.95. The summed E-state index contributed by atoms with van der Waals surface area (Å²) < 4.78 is 0. The lowest BCUT2D eigenvalue weighted by molar-refractivity contribution is -0.119. The highest BCUT2D eigenvalue weighted by Crippen LogP contribution is 2.10. The van der Waals surface area contributed by atoms with Crippen LogP contribution in [0.25, 0.3) is 0 Å². The monoisotopic (exact) mass is 342 g/mol. The van der Waals surface area contributed by atoms with E-state index >= 15 is 0 Å².